The zero-order valence-electron chi connectivity index (χ0n) is 19.2. The van der Waals surface area contributed by atoms with Crippen LogP contribution >= 0.6 is 0 Å². The number of carbonyl (C=O) groups is 3. The molecule has 0 saturated carbocycles. The average Bonchev–Trinajstić information content (AvgIpc) is 2.72. The smallest absolute Gasteiger partial charge is 0.407 e. The molecule has 1 aliphatic heterocycles. The van der Waals surface area contributed by atoms with E-state index < -0.39 is 29.7 Å². The highest BCUT2D eigenvalue weighted by atomic mass is 16.7. The second-order valence-electron chi connectivity index (χ2n) is 8.78. The van der Waals surface area contributed by atoms with Crippen LogP contribution in [0.25, 0.3) is 0 Å². The van der Waals surface area contributed by atoms with Crippen molar-refractivity contribution in [3.05, 3.63) is 35.9 Å². The lowest BCUT2D eigenvalue weighted by Gasteiger charge is -2.37. The number of hydrogen-bond acceptors (Lipinski definition) is 6. The van der Waals surface area contributed by atoms with Crippen molar-refractivity contribution in [2.45, 2.75) is 58.8 Å². The van der Waals surface area contributed by atoms with Gasteiger partial charge in [0, 0.05) is 13.1 Å². The number of hydrogen-bond donors (Lipinski definition) is 3. The lowest BCUT2D eigenvalue weighted by molar-refractivity contribution is -0.139. The number of carbonyl (C=O) groups excluding carboxylic acids is 3. The molecule has 0 unspecified atom stereocenters. The molecule has 0 spiro atoms. The standard InChI is InChI=1S/C22H34N4O6/c1-16-10-11-18(19(27)24-30-13-12-23-21(29)32-22(2,3)4)26(14-16)20(28)25-31-15-17-8-6-5-7-9-17/h5-9,16,18H,10-15H2,1-4H3,(H,23,29)(H,24,27)(H,25,28)/t16-,18+/m1/s1. The van der Waals surface area contributed by atoms with Crippen LogP contribution in [0.5, 0.6) is 0 Å². The first-order chi connectivity index (χ1) is 15.2. The first-order valence-corrected chi connectivity index (χ1v) is 10.8. The van der Waals surface area contributed by atoms with Gasteiger partial charge in [0.05, 0.1) is 13.2 Å². The second kappa shape index (κ2) is 12.3. The van der Waals surface area contributed by atoms with E-state index in [-0.39, 0.29) is 25.7 Å². The minimum Gasteiger partial charge on any atom is -0.444 e. The number of amides is 4. The molecular weight excluding hydrogens is 416 g/mol. The molecule has 1 fully saturated rings. The highest BCUT2D eigenvalue weighted by Gasteiger charge is 2.35. The largest absolute Gasteiger partial charge is 0.444 e. The van der Waals surface area contributed by atoms with Crippen LogP contribution in [0, 0.1) is 5.92 Å². The molecule has 0 bridgehead atoms. The van der Waals surface area contributed by atoms with Gasteiger partial charge in [-0.1, -0.05) is 37.3 Å². The number of rotatable bonds is 8. The van der Waals surface area contributed by atoms with Gasteiger partial charge in [0.2, 0.25) is 0 Å². The molecule has 1 heterocycles. The zero-order chi connectivity index (χ0) is 23.6. The molecule has 2 rings (SSSR count). The summed E-state index contributed by atoms with van der Waals surface area (Å²) in [5, 5.41) is 2.53. The Kier molecular flexibility index (Phi) is 9.73. The zero-order valence-corrected chi connectivity index (χ0v) is 19.2. The molecule has 1 aliphatic rings. The van der Waals surface area contributed by atoms with Crippen LogP contribution in [0.15, 0.2) is 30.3 Å². The van der Waals surface area contributed by atoms with Crippen LogP contribution in [0.1, 0.15) is 46.1 Å². The highest BCUT2D eigenvalue weighted by Crippen LogP contribution is 2.22. The van der Waals surface area contributed by atoms with E-state index in [4.69, 9.17) is 14.4 Å². The summed E-state index contributed by atoms with van der Waals surface area (Å²) in [4.78, 5) is 48.7. The van der Waals surface area contributed by atoms with E-state index >= 15 is 0 Å². The predicted octanol–water partition coefficient (Wildman–Crippen LogP) is 2.50. The maximum atomic E-state index is 12.6. The van der Waals surface area contributed by atoms with Crippen LogP contribution in [-0.4, -0.2) is 54.3 Å². The number of ether oxygens (including phenoxy) is 1. The Labute approximate surface area is 188 Å². The van der Waals surface area contributed by atoms with E-state index in [2.05, 4.69) is 16.3 Å². The lowest BCUT2D eigenvalue weighted by Crippen LogP contribution is -2.56. The van der Waals surface area contributed by atoms with Crippen molar-refractivity contribution in [1.29, 1.82) is 0 Å². The fourth-order valence-electron chi connectivity index (χ4n) is 3.17. The number of alkyl carbamates (subject to hydrolysis) is 1. The summed E-state index contributed by atoms with van der Waals surface area (Å²) >= 11 is 0. The van der Waals surface area contributed by atoms with E-state index in [1.165, 1.54) is 4.90 Å². The van der Waals surface area contributed by atoms with Crippen LogP contribution in [-0.2, 0) is 25.8 Å². The number of benzene rings is 1. The predicted molar refractivity (Wildman–Crippen MR) is 117 cm³/mol. The average molecular weight is 451 g/mol. The van der Waals surface area contributed by atoms with Gasteiger partial charge < -0.3 is 15.0 Å². The fraction of sp³-hybridized carbons (Fsp3) is 0.591. The van der Waals surface area contributed by atoms with E-state index in [9.17, 15) is 14.4 Å². The molecule has 0 radical (unpaired) electrons. The highest BCUT2D eigenvalue weighted by molar-refractivity contribution is 5.86. The maximum absolute atomic E-state index is 12.6. The summed E-state index contributed by atoms with van der Waals surface area (Å²) in [6.07, 6.45) is 0.762. The van der Waals surface area contributed by atoms with Crippen LogP contribution in [0.2, 0.25) is 0 Å². The molecule has 178 valence electrons. The fourth-order valence-corrected chi connectivity index (χ4v) is 3.17. The van der Waals surface area contributed by atoms with E-state index in [0.29, 0.717) is 13.0 Å². The summed E-state index contributed by atoms with van der Waals surface area (Å²) in [5.74, 6) is -0.162. The second-order valence-corrected chi connectivity index (χ2v) is 8.78. The SMILES string of the molecule is C[C@@H]1CC[C@@H](C(=O)NOCCNC(=O)OC(C)(C)C)N(C(=O)NOCc2ccccc2)C1. The topological polar surface area (TPSA) is 118 Å². The Morgan fingerprint density at radius 2 is 1.78 bits per heavy atom. The molecule has 0 aromatic heterocycles. The van der Waals surface area contributed by atoms with Crippen molar-refractivity contribution in [2.75, 3.05) is 19.7 Å². The monoisotopic (exact) mass is 450 g/mol. The van der Waals surface area contributed by atoms with Gasteiger partial charge in [-0.05, 0) is 45.1 Å². The molecule has 2 atom stereocenters. The summed E-state index contributed by atoms with van der Waals surface area (Å²) < 4.78 is 5.12. The number of urea groups is 1. The lowest BCUT2D eigenvalue weighted by atomic mass is 9.94. The van der Waals surface area contributed by atoms with Gasteiger partial charge in [0.25, 0.3) is 5.91 Å². The van der Waals surface area contributed by atoms with Gasteiger partial charge in [-0.2, -0.15) is 0 Å². The van der Waals surface area contributed by atoms with Crippen LogP contribution < -0.4 is 16.3 Å². The molecule has 4 amide bonds. The summed E-state index contributed by atoms with van der Waals surface area (Å²) in [6.45, 7) is 8.20. The summed E-state index contributed by atoms with van der Waals surface area (Å²) in [7, 11) is 0. The first-order valence-electron chi connectivity index (χ1n) is 10.8. The Morgan fingerprint density at radius 1 is 1.06 bits per heavy atom. The summed E-state index contributed by atoms with van der Waals surface area (Å²) in [6, 6.07) is 8.30. The third-order valence-electron chi connectivity index (χ3n) is 4.67. The number of likely N-dealkylation sites (tertiary alicyclic amines) is 1. The van der Waals surface area contributed by atoms with Crippen molar-refractivity contribution in [2.24, 2.45) is 5.92 Å². The molecular formula is C22H34N4O6. The first kappa shape index (κ1) is 25.4. The van der Waals surface area contributed by atoms with Gasteiger partial charge >= 0.3 is 12.1 Å². The van der Waals surface area contributed by atoms with Crippen LogP contribution in [0.4, 0.5) is 9.59 Å². The van der Waals surface area contributed by atoms with Gasteiger partial charge in [-0.3, -0.25) is 14.5 Å². The normalized spacial score (nSPS) is 18.6. The molecule has 1 aromatic carbocycles. The molecule has 10 nitrogen and oxygen atoms in total. The molecule has 3 N–H and O–H groups in total. The minimum atomic E-state index is -0.676. The number of hydroxylamine groups is 2. The maximum Gasteiger partial charge on any atom is 0.407 e. The Balaban J connectivity index is 1.75. The van der Waals surface area contributed by atoms with Gasteiger partial charge in [-0.15, -0.1) is 0 Å². The molecule has 1 aromatic rings. The van der Waals surface area contributed by atoms with Crippen molar-refractivity contribution in [3.63, 3.8) is 0 Å². The van der Waals surface area contributed by atoms with E-state index in [0.717, 1.165) is 12.0 Å². The number of nitrogens with one attached hydrogen (secondary N) is 3. The molecule has 1 saturated heterocycles. The minimum absolute atomic E-state index is 0.0560. The van der Waals surface area contributed by atoms with E-state index in [1.54, 1.807) is 20.8 Å². The quantitative estimate of drug-likeness (QED) is 0.414. The van der Waals surface area contributed by atoms with E-state index in [1.807, 2.05) is 37.3 Å². The van der Waals surface area contributed by atoms with Crippen molar-refractivity contribution < 1.29 is 28.8 Å². The molecule has 10 heteroatoms. The van der Waals surface area contributed by atoms with Crippen molar-refractivity contribution in [3.8, 4) is 0 Å². The van der Waals surface area contributed by atoms with Gasteiger partial charge in [0.15, 0.2) is 0 Å². The van der Waals surface area contributed by atoms with Crippen molar-refractivity contribution >= 4 is 18.0 Å². The Morgan fingerprint density at radius 3 is 2.47 bits per heavy atom. The van der Waals surface area contributed by atoms with Crippen LogP contribution in [0.3, 0.4) is 0 Å². The number of nitrogens with zero attached hydrogens (tertiary/aromatic N) is 1. The molecule has 0 aliphatic carbocycles. The summed E-state index contributed by atoms with van der Waals surface area (Å²) in [5.41, 5.74) is 5.11. The Bertz CT molecular complexity index is 753. The molecule has 32 heavy (non-hydrogen) atoms. The van der Waals surface area contributed by atoms with Gasteiger partial charge in [-0.25, -0.2) is 20.5 Å². The Hall–Kier alpha value is -2.85. The third-order valence-corrected chi connectivity index (χ3v) is 4.67. The van der Waals surface area contributed by atoms with Crippen molar-refractivity contribution in [1.82, 2.24) is 21.2 Å². The number of piperidine rings is 1. The third kappa shape index (κ3) is 9.11. The van der Waals surface area contributed by atoms with Gasteiger partial charge in [0.1, 0.15) is 11.6 Å².